The van der Waals surface area contributed by atoms with Crippen LogP contribution in [0.15, 0.2) is 29.2 Å². The number of hydrogen-bond donors (Lipinski definition) is 1. The zero-order valence-corrected chi connectivity index (χ0v) is 12.0. The fourth-order valence-electron chi connectivity index (χ4n) is 3.48. The van der Waals surface area contributed by atoms with E-state index in [1.54, 1.807) is 12.1 Å². The van der Waals surface area contributed by atoms with E-state index in [2.05, 4.69) is 0 Å². The molecule has 0 radical (unpaired) electrons. The molecule has 1 N–H and O–H groups in total. The largest absolute Gasteiger partial charge is 0.481 e. The van der Waals surface area contributed by atoms with Crippen molar-refractivity contribution in [3.8, 4) is 6.07 Å². The van der Waals surface area contributed by atoms with Crippen LogP contribution in [-0.4, -0.2) is 35.9 Å². The number of fused-ring (bicyclic) bond motifs is 2. The van der Waals surface area contributed by atoms with Crippen LogP contribution in [0, 0.1) is 17.2 Å². The first-order chi connectivity index (χ1) is 9.96. The number of sulfonamides is 1. The number of nitriles is 1. The van der Waals surface area contributed by atoms with Gasteiger partial charge >= 0.3 is 5.97 Å². The van der Waals surface area contributed by atoms with Crippen molar-refractivity contribution in [3.63, 3.8) is 0 Å². The molecule has 0 amide bonds. The first-order valence-corrected chi connectivity index (χ1v) is 8.16. The Hall–Kier alpha value is -1.91. The summed E-state index contributed by atoms with van der Waals surface area (Å²) in [6, 6.07) is 7.16. The summed E-state index contributed by atoms with van der Waals surface area (Å²) in [7, 11) is -3.84. The topological polar surface area (TPSA) is 98.5 Å². The molecule has 6 nitrogen and oxygen atoms in total. The van der Waals surface area contributed by atoms with Crippen LogP contribution in [0.25, 0.3) is 0 Å². The van der Waals surface area contributed by atoms with Gasteiger partial charge in [-0.15, -0.1) is 0 Å². The minimum absolute atomic E-state index is 0.0320. The Morgan fingerprint density at radius 3 is 2.67 bits per heavy atom. The van der Waals surface area contributed by atoms with E-state index in [-0.39, 0.29) is 16.5 Å². The van der Waals surface area contributed by atoms with E-state index < -0.39 is 28.0 Å². The molecule has 3 atom stereocenters. The van der Waals surface area contributed by atoms with Gasteiger partial charge in [0.1, 0.15) is 6.07 Å². The maximum absolute atomic E-state index is 12.8. The number of nitrogens with zero attached hydrogens (tertiary/aromatic N) is 2. The lowest BCUT2D eigenvalue weighted by Gasteiger charge is -2.22. The molecule has 2 bridgehead atoms. The van der Waals surface area contributed by atoms with Gasteiger partial charge in [-0.3, -0.25) is 4.79 Å². The number of carbonyl (C=O) groups is 1. The van der Waals surface area contributed by atoms with E-state index in [4.69, 9.17) is 5.26 Å². The van der Waals surface area contributed by atoms with Crippen LogP contribution in [0.1, 0.15) is 24.8 Å². The van der Waals surface area contributed by atoms with Gasteiger partial charge in [0.05, 0.1) is 16.4 Å². The number of benzene rings is 1. The van der Waals surface area contributed by atoms with E-state index in [0.717, 1.165) is 0 Å². The lowest BCUT2D eigenvalue weighted by atomic mass is 9.89. The van der Waals surface area contributed by atoms with E-state index in [1.165, 1.54) is 16.4 Å². The lowest BCUT2D eigenvalue weighted by molar-refractivity contribution is -0.142. The predicted octanol–water partition coefficient (Wildman–Crippen LogP) is 1.18. The average molecular weight is 306 g/mol. The molecule has 110 valence electrons. The van der Waals surface area contributed by atoms with E-state index in [9.17, 15) is 18.3 Å². The second-order valence-corrected chi connectivity index (χ2v) is 7.23. The van der Waals surface area contributed by atoms with Crippen molar-refractivity contribution in [2.75, 3.05) is 0 Å². The van der Waals surface area contributed by atoms with Gasteiger partial charge in [0.2, 0.25) is 10.0 Å². The molecule has 3 unspecified atom stereocenters. The molecule has 0 spiro atoms. The molecule has 2 aliphatic heterocycles. The number of hydrogen-bond acceptors (Lipinski definition) is 4. The second kappa shape index (κ2) is 4.83. The summed E-state index contributed by atoms with van der Waals surface area (Å²) in [6.07, 6.45) is 1.60. The highest BCUT2D eigenvalue weighted by atomic mass is 32.2. The minimum atomic E-state index is -3.84. The molecule has 2 heterocycles. The third-order valence-corrected chi connectivity index (χ3v) is 6.39. The molecule has 7 heteroatoms. The summed E-state index contributed by atoms with van der Waals surface area (Å²) in [5.74, 6) is -1.59. The second-order valence-electron chi connectivity index (χ2n) is 5.42. The molecule has 21 heavy (non-hydrogen) atoms. The standard InChI is InChI=1S/C14H14N2O4S/c15-8-9-3-1-2-4-13(9)21(19,20)16-10-5-6-12(16)11(7-10)14(17)18/h1-4,10-12H,5-7H2,(H,17,18). The first kappa shape index (κ1) is 14.0. The number of carboxylic acid groups (broad SMARTS) is 1. The van der Waals surface area contributed by atoms with Crippen LogP contribution >= 0.6 is 0 Å². The van der Waals surface area contributed by atoms with E-state index in [1.807, 2.05) is 6.07 Å². The molecule has 2 fully saturated rings. The van der Waals surface area contributed by atoms with E-state index >= 15 is 0 Å². The summed E-state index contributed by atoms with van der Waals surface area (Å²) in [6.45, 7) is 0. The minimum Gasteiger partial charge on any atom is -0.481 e. The summed E-state index contributed by atoms with van der Waals surface area (Å²) >= 11 is 0. The molecule has 2 aliphatic rings. The van der Waals surface area contributed by atoms with Crippen LogP contribution < -0.4 is 0 Å². The third kappa shape index (κ3) is 2.03. The normalized spacial score (nSPS) is 28.4. The maximum atomic E-state index is 12.8. The van der Waals surface area contributed by atoms with Crippen molar-refractivity contribution in [1.29, 1.82) is 5.26 Å². The molecule has 1 aromatic carbocycles. The molecular formula is C14H14N2O4S. The maximum Gasteiger partial charge on any atom is 0.308 e. The van der Waals surface area contributed by atoms with Gasteiger partial charge in [0, 0.05) is 12.1 Å². The van der Waals surface area contributed by atoms with Gasteiger partial charge in [0.15, 0.2) is 0 Å². The van der Waals surface area contributed by atoms with Crippen LogP contribution in [-0.2, 0) is 14.8 Å². The highest BCUT2D eigenvalue weighted by Crippen LogP contribution is 2.45. The lowest BCUT2D eigenvalue weighted by Crippen LogP contribution is -2.38. The van der Waals surface area contributed by atoms with Gasteiger partial charge in [-0.25, -0.2) is 8.42 Å². The molecule has 1 aromatic rings. The smallest absolute Gasteiger partial charge is 0.308 e. The predicted molar refractivity (Wildman–Crippen MR) is 72.7 cm³/mol. The van der Waals surface area contributed by atoms with Crippen LogP contribution in [0.3, 0.4) is 0 Å². The van der Waals surface area contributed by atoms with E-state index in [0.29, 0.717) is 19.3 Å². The fourth-order valence-corrected chi connectivity index (χ4v) is 5.54. The summed E-state index contributed by atoms with van der Waals surface area (Å²) < 4.78 is 27.0. The summed E-state index contributed by atoms with van der Waals surface area (Å²) in [5.41, 5.74) is 0.0932. The molecule has 3 rings (SSSR count). The highest BCUT2D eigenvalue weighted by Gasteiger charge is 2.54. The van der Waals surface area contributed by atoms with Crippen molar-refractivity contribution >= 4 is 16.0 Å². The van der Waals surface area contributed by atoms with Crippen molar-refractivity contribution < 1.29 is 18.3 Å². The average Bonchev–Trinajstić information content (AvgIpc) is 3.05. The third-order valence-electron chi connectivity index (χ3n) is 4.35. The summed E-state index contributed by atoms with van der Waals surface area (Å²) in [4.78, 5) is 11.2. The summed E-state index contributed by atoms with van der Waals surface area (Å²) in [5, 5.41) is 18.3. The Morgan fingerprint density at radius 1 is 1.33 bits per heavy atom. The fraction of sp³-hybridized carbons (Fsp3) is 0.429. The molecule has 0 aliphatic carbocycles. The van der Waals surface area contributed by atoms with Crippen molar-refractivity contribution in [1.82, 2.24) is 4.31 Å². The number of rotatable bonds is 3. The Balaban J connectivity index is 2.05. The van der Waals surface area contributed by atoms with Gasteiger partial charge in [-0.2, -0.15) is 9.57 Å². The van der Waals surface area contributed by atoms with Crippen LogP contribution in [0.2, 0.25) is 0 Å². The van der Waals surface area contributed by atoms with Gasteiger partial charge in [-0.1, -0.05) is 12.1 Å². The van der Waals surface area contributed by atoms with Gasteiger partial charge < -0.3 is 5.11 Å². The molecule has 0 aromatic heterocycles. The number of aliphatic carboxylic acids is 1. The Morgan fingerprint density at radius 2 is 2.05 bits per heavy atom. The van der Waals surface area contributed by atoms with Gasteiger partial charge in [-0.05, 0) is 31.4 Å². The zero-order valence-electron chi connectivity index (χ0n) is 11.1. The van der Waals surface area contributed by atoms with Crippen molar-refractivity contribution in [3.05, 3.63) is 29.8 Å². The van der Waals surface area contributed by atoms with Crippen LogP contribution in [0.5, 0.6) is 0 Å². The SMILES string of the molecule is N#Cc1ccccc1S(=O)(=O)N1C2CCC1C(C(=O)O)C2. The highest BCUT2D eigenvalue weighted by molar-refractivity contribution is 7.89. The quantitative estimate of drug-likeness (QED) is 0.904. The molecular weight excluding hydrogens is 292 g/mol. The zero-order chi connectivity index (χ0) is 15.2. The molecule has 2 saturated heterocycles. The Labute approximate surface area is 122 Å². The molecule has 0 saturated carbocycles. The first-order valence-electron chi connectivity index (χ1n) is 6.72. The number of carboxylic acids is 1. The van der Waals surface area contributed by atoms with Gasteiger partial charge in [0.25, 0.3) is 0 Å². The van der Waals surface area contributed by atoms with Crippen molar-refractivity contribution in [2.45, 2.75) is 36.2 Å². The van der Waals surface area contributed by atoms with Crippen molar-refractivity contribution in [2.24, 2.45) is 5.92 Å². The monoisotopic (exact) mass is 306 g/mol. The Bertz CT molecular complexity index is 738. The van der Waals surface area contributed by atoms with Crippen LogP contribution in [0.4, 0.5) is 0 Å². The Kier molecular flexibility index (Phi) is 3.23.